The van der Waals surface area contributed by atoms with Gasteiger partial charge in [0.2, 0.25) is 11.8 Å². The lowest BCUT2D eigenvalue weighted by molar-refractivity contribution is -0.122. The Bertz CT molecular complexity index is 800. The predicted molar refractivity (Wildman–Crippen MR) is 119 cm³/mol. The second-order valence-corrected chi connectivity index (χ2v) is 11.6. The third-order valence-electron chi connectivity index (χ3n) is 8.06. The molecule has 2 heterocycles. The number of aromatic amines is 1. The molecule has 0 aromatic carbocycles. The van der Waals surface area contributed by atoms with Crippen molar-refractivity contribution in [2.45, 2.75) is 88.0 Å². The Labute approximate surface area is 181 Å². The molecule has 0 aliphatic carbocycles. The van der Waals surface area contributed by atoms with Crippen LogP contribution in [0.3, 0.4) is 0 Å². The van der Waals surface area contributed by atoms with Gasteiger partial charge < -0.3 is 0 Å². The van der Waals surface area contributed by atoms with Crippen molar-refractivity contribution >= 4 is 17.8 Å². The van der Waals surface area contributed by atoms with Gasteiger partial charge in [-0.15, -0.1) is 5.10 Å². The molecule has 1 N–H and O–H groups in total. The predicted octanol–water partition coefficient (Wildman–Crippen LogP) is 4.93. The van der Waals surface area contributed by atoms with Crippen LogP contribution in [-0.4, -0.2) is 32.4 Å². The molecule has 2 amide bonds. The number of H-pyrrole nitrogens is 1. The standard InChI is InChI=1S/C23H39N5O2/c1-15(23(9,10)22(7,8)14-21(5,6)20(2,3)4)11-12-16-13-17(29)28(18(16)30)19-24-26-27-25-19/h16H,1,11-14H2,2-10H3,(H,24,25,26,27). The number of allylic oxidation sites excluding steroid dienone is 1. The quantitative estimate of drug-likeness (QED) is 0.478. The van der Waals surface area contributed by atoms with Crippen molar-refractivity contribution in [3.8, 4) is 0 Å². The second kappa shape index (κ2) is 7.89. The first kappa shape index (κ1) is 24.2. The zero-order valence-electron chi connectivity index (χ0n) is 20.2. The largest absolute Gasteiger partial charge is 0.279 e. The Morgan fingerprint density at radius 1 is 1.07 bits per heavy atom. The Balaban J connectivity index is 2.06. The summed E-state index contributed by atoms with van der Waals surface area (Å²) in [7, 11) is 0. The van der Waals surface area contributed by atoms with E-state index in [1.807, 2.05) is 0 Å². The van der Waals surface area contributed by atoms with Crippen LogP contribution in [-0.2, 0) is 9.59 Å². The molecule has 0 spiro atoms. The molecule has 1 aliphatic rings. The van der Waals surface area contributed by atoms with Gasteiger partial charge in [-0.25, -0.2) is 4.90 Å². The zero-order valence-corrected chi connectivity index (χ0v) is 20.2. The van der Waals surface area contributed by atoms with Crippen LogP contribution >= 0.6 is 0 Å². The van der Waals surface area contributed by atoms with Crippen molar-refractivity contribution in [3.63, 3.8) is 0 Å². The summed E-state index contributed by atoms with van der Waals surface area (Å²) in [5.74, 6) is -0.862. The van der Waals surface area contributed by atoms with Crippen LogP contribution in [0.5, 0.6) is 0 Å². The summed E-state index contributed by atoms with van der Waals surface area (Å²) in [6, 6.07) is 0. The number of nitrogens with one attached hydrogen (secondary N) is 1. The van der Waals surface area contributed by atoms with E-state index in [9.17, 15) is 9.59 Å². The highest BCUT2D eigenvalue weighted by Crippen LogP contribution is 2.55. The first-order valence-electron chi connectivity index (χ1n) is 10.8. The van der Waals surface area contributed by atoms with Gasteiger partial charge >= 0.3 is 0 Å². The summed E-state index contributed by atoms with van der Waals surface area (Å²) >= 11 is 0. The van der Waals surface area contributed by atoms with E-state index in [0.717, 1.165) is 16.9 Å². The molecule has 1 aromatic rings. The summed E-state index contributed by atoms with van der Waals surface area (Å²) in [5, 5.41) is 13.3. The lowest BCUT2D eigenvalue weighted by Gasteiger charge is -2.51. The minimum absolute atomic E-state index is 0.0209. The van der Waals surface area contributed by atoms with Crippen LogP contribution in [0.1, 0.15) is 88.0 Å². The summed E-state index contributed by atoms with van der Waals surface area (Å²) in [6.07, 6.45) is 2.54. The number of tetrazole rings is 1. The first-order chi connectivity index (χ1) is 13.5. The van der Waals surface area contributed by atoms with E-state index in [1.54, 1.807) is 0 Å². The van der Waals surface area contributed by atoms with Gasteiger partial charge in [0, 0.05) is 12.3 Å². The minimum Gasteiger partial charge on any atom is -0.274 e. The molecule has 1 atom stereocenters. The number of nitrogens with zero attached hydrogens (tertiary/aromatic N) is 4. The number of imide groups is 1. The minimum atomic E-state index is -0.363. The highest BCUT2D eigenvalue weighted by Gasteiger charge is 2.46. The molecular formula is C23H39N5O2. The molecular weight excluding hydrogens is 378 g/mol. The van der Waals surface area contributed by atoms with Gasteiger partial charge in [-0.05, 0) is 46.1 Å². The number of hydrogen-bond donors (Lipinski definition) is 1. The fourth-order valence-corrected chi connectivity index (χ4v) is 4.11. The number of aromatic nitrogens is 4. The third kappa shape index (κ3) is 4.49. The zero-order chi connectivity index (χ0) is 23.1. The van der Waals surface area contributed by atoms with Gasteiger partial charge in [0.25, 0.3) is 5.95 Å². The van der Waals surface area contributed by atoms with Crippen molar-refractivity contribution in [1.82, 2.24) is 20.6 Å². The van der Waals surface area contributed by atoms with Crippen LogP contribution in [0, 0.1) is 27.6 Å². The molecule has 168 valence electrons. The maximum atomic E-state index is 12.7. The fourth-order valence-electron chi connectivity index (χ4n) is 4.11. The van der Waals surface area contributed by atoms with Crippen LogP contribution in [0.4, 0.5) is 5.95 Å². The fraction of sp³-hybridized carbons (Fsp3) is 0.783. The highest BCUT2D eigenvalue weighted by atomic mass is 16.2. The van der Waals surface area contributed by atoms with E-state index >= 15 is 0 Å². The Morgan fingerprint density at radius 3 is 2.17 bits per heavy atom. The molecule has 7 nitrogen and oxygen atoms in total. The van der Waals surface area contributed by atoms with E-state index in [0.29, 0.717) is 12.8 Å². The van der Waals surface area contributed by atoms with Gasteiger partial charge in [-0.1, -0.05) is 79.6 Å². The Hall–Kier alpha value is -2.05. The van der Waals surface area contributed by atoms with E-state index in [-0.39, 0.29) is 51.8 Å². The monoisotopic (exact) mass is 417 g/mol. The van der Waals surface area contributed by atoms with Gasteiger partial charge in [0.15, 0.2) is 0 Å². The number of anilines is 1. The van der Waals surface area contributed by atoms with Crippen molar-refractivity contribution in [2.24, 2.45) is 27.6 Å². The van der Waals surface area contributed by atoms with E-state index in [4.69, 9.17) is 0 Å². The van der Waals surface area contributed by atoms with Crippen molar-refractivity contribution in [1.29, 1.82) is 0 Å². The molecule has 1 saturated heterocycles. The molecule has 1 fully saturated rings. The molecule has 0 radical (unpaired) electrons. The second-order valence-electron chi connectivity index (χ2n) is 11.6. The summed E-state index contributed by atoms with van der Waals surface area (Å²) < 4.78 is 0. The molecule has 1 unspecified atom stereocenters. The molecule has 1 aliphatic heterocycles. The summed E-state index contributed by atoms with van der Waals surface area (Å²) in [6.45, 7) is 25.1. The van der Waals surface area contributed by atoms with Gasteiger partial charge in [-0.2, -0.15) is 5.21 Å². The molecule has 0 bridgehead atoms. The third-order valence-corrected chi connectivity index (χ3v) is 8.06. The normalized spacial score (nSPS) is 19.0. The van der Waals surface area contributed by atoms with Crippen molar-refractivity contribution in [2.75, 3.05) is 4.90 Å². The maximum absolute atomic E-state index is 12.7. The van der Waals surface area contributed by atoms with Crippen LogP contribution < -0.4 is 4.90 Å². The number of carbonyl (C=O) groups excluding carboxylic acids is 2. The number of hydrogen-bond acceptors (Lipinski definition) is 5. The van der Waals surface area contributed by atoms with Crippen molar-refractivity contribution < 1.29 is 9.59 Å². The summed E-state index contributed by atoms with van der Waals surface area (Å²) in [4.78, 5) is 26.1. The molecule has 0 saturated carbocycles. The van der Waals surface area contributed by atoms with Gasteiger partial charge in [-0.3, -0.25) is 9.59 Å². The molecule has 2 rings (SSSR count). The van der Waals surface area contributed by atoms with Crippen LogP contribution in [0.15, 0.2) is 12.2 Å². The highest BCUT2D eigenvalue weighted by molar-refractivity contribution is 6.19. The van der Waals surface area contributed by atoms with Gasteiger partial charge in [0.05, 0.1) is 0 Å². The number of amides is 2. The maximum Gasteiger partial charge on any atom is 0.279 e. The lowest BCUT2D eigenvalue weighted by atomic mass is 9.54. The van der Waals surface area contributed by atoms with Crippen LogP contribution in [0.2, 0.25) is 0 Å². The molecule has 1 aromatic heterocycles. The van der Waals surface area contributed by atoms with E-state index < -0.39 is 0 Å². The van der Waals surface area contributed by atoms with Gasteiger partial charge in [0.1, 0.15) is 0 Å². The average molecular weight is 418 g/mol. The average Bonchev–Trinajstić information content (AvgIpc) is 3.18. The van der Waals surface area contributed by atoms with E-state index in [2.05, 4.69) is 89.5 Å². The SMILES string of the molecule is C=C(CCC1CC(=O)N(c2nn[nH]n2)C1=O)C(C)(C)C(C)(C)CC(C)(C)C(C)(C)C. The van der Waals surface area contributed by atoms with Crippen LogP contribution in [0.25, 0.3) is 0 Å². The lowest BCUT2D eigenvalue weighted by Crippen LogP contribution is -2.42. The van der Waals surface area contributed by atoms with E-state index in [1.165, 1.54) is 0 Å². The Kier molecular flexibility index (Phi) is 6.37. The smallest absolute Gasteiger partial charge is 0.274 e. The number of rotatable bonds is 8. The summed E-state index contributed by atoms with van der Waals surface area (Å²) in [5.41, 5.74) is 1.38. The Morgan fingerprint density at radius 2 is 1.67 bits per heavy atom. The van der Waals surface area contributed by atoms with Crippen molar-refractivity contribution in [3.05, 3.63) is 12.2 Å². The molecule has 30 heavy (non-hydrogen) atoms. The number of carbonyl (C=O) groups is 2. The topological polar surface area (TPSA) is 91.8 Å². The first-order valence-corrected chi connectivity index (χ1v) is 10.8. The molecule has 7 heteroatoms.